The minimum atomic E-state index is -0.806. The van der Waals surface area contributed by atoms with E-state index < -0.39 is 5.60 Å². The predicted molar refractivity (Wildman–Crippen MR) is 57.9 cm³/mol. The van der Waals surface area contributed by atoms with E-state index in [0.29, 0.717) is 5.92 Å². The molecular weight excluding hydrogens is 191 g/mol. The standard InChI is InChI=1S/C13H17FO/c1-10-4-3-7-13(15,9-10)11-5-2-6-12(14)8-11/h2,5-6,8,10,15H,3-4,7,9H2,1H3. The Balaban J connectivity index is 2.28. The van der Waals surface area contributed by atoms with Gasteiger partial charge in [0.2, 0.25) is 0 Å². The molecular formula is C13H17FO. The highest BCUT2D eigenvalue weighted by Crippen LogP contribution is 2.39. The van der Waals surface area contributed by atoms with Crippen molar-refractivity contribution >= 4 is 0 Å². The molecule has 1 fully saturated rings. The monoisotopic (exact) mass is 208 g/mol. The third-order valence-corrected chi connectivity index (χ3v) is 3.34. The molecule has 0 amide bonds. The van der Waals surface area contributed by atoms with Gasteiger partial charge in [-0.25, -0.2) is 4.39 Å². The average Bonchev–Trinajstić information content (AvgIpc) is 2.17. The Hall–Kier alpha value is -0.890. The van der Waals surface area contributed by atoms with E-state index in [4.69, 9.17) is 0 Å². The van der Waals surface area contributed by atoms with E-state index in [1.807, 2.05) is 6.07 Å². The Bertz CT molecular complexity index is 350. The molecule has 0 heterocycles. The zero-order valence-electron chi connectivity index (χ0n) is 9.04. The van der Waals surface area contributed by atoms with Crippen LogP contribution in [0.3, 0.4) is 0 Å². The first-order valence-corrected chi connectivity index (χ1v) is 5.58. The normalized spacial score (nSPS) is 31.5. The largest absolute Gasteiger partial charge is 0.385 e. The van der Waals surface area contributed by atoms with Crippen LogP contribution in [0.15, 0.2) is 24.3 Å². The summed E-state index contributed by atoms with van der Waals surface area (Å²) < 4.78 is 13.1. The van der Waals surface area contributed by atoms with Crippen LogP contribution in [0.4, 0.5) is 4.39 Å². The summed E-state index contributed by atoms with van der Waals surface area (Å²) in [7, 11) is 0. The van der Waals surface area contributed by atoms with E-state index in [1.54, 1.807) is 6.07 Å². The number of aliphatic hydroxyl groups is 1. The van der Waals surface area contributed by atoms with Crippen LogP contribution < -0.4 is 0 Å². The second-order valence-electron chi connectivity index (χ2n) is 4.74. The quantitative estimate of drug-likeness (QED) is 0.751. The van der Waals surface area contributed by atoms with Crippen molar-refractivity contribution in [3.05, 3.63) is 35.6 Å². The maximum Gasteiger partial charge on any atom is 0.123 e. The first-order chi connectivity index (χ1) is 7.10. The van der Waals surface area contributed by atoms with Gasteiger partial charge in [0.05, 0.1) is 5.60 Å². The van der Waals surface area contributed by atoms with Crippen molar-refractivity contribution in [2.75, 3.05) is 0 Å². The van der Waals surface area contributed by atoms with Gasteiger partial charge in [0.15, 0.2) is 0 Å². The predicted octanol–water partition coefficient (Wildman–Crippen LogP) is 3.22. The second-order valence-corrected chi connectivity index (χ2v) is 4.74. The van der Waals surface area contributed by atoms with Crippen molar-refractivity contribution in [2.45, 2.75) is 38.2 Å². The topological polar surface area (TPSA) is 20.2 Å². The average molecular weight is 208 g/mol. The second kappa shape index (κ2) is 3.93. The zero-order chi connectivity index (χ0) is 10.9. The van der Waals surface area contributed by atoms with E-state index in [2.05, 4.69) is 6.92 Å². The zero-order valence-corrected chi connectivity index (χ0v) is 9.04. The first-order valence-electron chi connectivity index (χ1n) is 5.58. The first kappa shape index (κ1) is 10.6. The van der Waals surface area contributed by atoms with Crippen molar-refractivity contribution in [1.29, 1.82) is 0 Å². The molecule has 2 rings (SSSR count). The molecule has 0 aromatic heterocycles. The fourth-order valence-electron chi connectivity index (χ4n) is 2.56. The van der Waals surface area contributed by atoms with Crippen LogP contribution >= 0.6 is 0 Å². The molecule has 0 saturated heterocycles. The molecule has 1 aromatic rings. The van der Waals surface area contributed by atoms with Gasteiger partial charge in [-0.05, 0) is 42.9 Å². The lowest BCUT2D eigenvalue weighted by Gasteiger charge is -2.36. The number of hydrogen-bond donors (Lipinski definition) is 1. The Morgan fingerprint density at radius 2 is 2.27 bits per heavy atom. The summed E-state index contributed by atoms with van der Waals surface area (Å²) in [6, 6.07) is 6.36. The van der Waals surface area contributed by atoms with E-state index in [-0.39, 0.29) is 5.82 Å². The van der Waals surface area contributed by atoms with Gasteiger partial charge in [0.25, 0.3) is 0 Å². The molecule has 1 aromatic carbocycles. The Morgan fingerprint density at radius 3 is 2.93 bits per heavy atom. The molecule has 2 heteroatoms. The molecule has 1 aliphatic rings. The van der Waals surface area contributed by atoms with Gasteiger partial charge in [0.1, 0.15) is 5.82 Å². The van der Waals surface area contributed by atoms with E-state index in [9.17, 15) is 9.50 Å². The van der Waals surface area contributed by atoms with Crippen LogP contribution in [-0.4, -0.2) is 5.11 Å². The fourth-order valence-corrected chi connectivity index (χ4v) is 2.56. The molecule has 1 N–H and O–H groups in total. The van der Waals surface area contributed by atoms with Crippen LogP contribution in [0.2, 0.25) is 0 Å². The molecule has 1 aliphatic carbocycles. The minimum Gasteiger partial charge on any atom is -0.385 e. The molecule has 2 unspecified atom stereocenters. The summed E-state index contributed by atoms with van der Waals surface area (Å²) in [6.07, 6.45) is 3.68. The summed E-state index contributed by atoms with van der Waals surface area (Å²) in [6.45, 7) is 2.14. The molecule has 82 valence electrons. The van der Waals surface area contributed by atoms with Crippen LogP contribution in [0, 0.1) is 11.7 Å². The number of halogens is 1. The lowest BCUT2D eigenvalue weighted by Crippen LogP contribution is -2.31. The Labute approximate surface area is 89.9 Å². The third-order valence-electron chi connectivity index (χ3n) is 3.34. The van der Waals surface area contributed by atoms with Crippen LogP contribution in [0.1, 0.15) is 38.2 Å². The van der Waals surface area contributed by atoms with Gasteiger partial charge in [-0.15, -0.1) is 0 Å². The maximum absolute atomic E-state index is 13.1. The molecule has 0 aliphatic heterocycles. The van der Waals surface area contributed by atoms with E-state index in [0.717, 1.165) is 31.2 Å². The summed E-state index contributed by atoms with van der Waals surface area (Å²) in [5, 5.41) is 10.5. The van der Waals surface area contributed by atoms with Gasteiger partial charge in [-0.2, -0.15) is 0 Å². The molecule has 0 spiro atoms. The van der Waals surface area contributed by atoms with E-state index in [1.165, 1.54) is 12.1 Å². The minimum absolute atomic E-state index is 0.265. The van der Waals surface area contributed by atoms with Gasteiger partial charge < -0.3 is 5.11 Å². The summed E-state index contributed by atoms with van der Waals surface area (Å²) in [4.78, 5) is 0. The van der Waals surface area contributed by atoms with Crippen molar-refractivity contribution in [3.8, 4) is 0 Å². The number of hydrogen-bond acceptors (Lipinski definition) is 1. The maximum atomic E-state index is 13.1. The van der Waals surface area contributed by atoms with Crippen LogP contribution in [0.5, 0.6) is 0 Å². The molecule has 1 nitrogen and oxygen atoms in total. The van der Waals surface area contributed by atoms with Crippen molar-refractivity contribution in [2.24, 2.45) is 5.92 Å². The van der Waals surface area contributed by atoms with Gasteiger partial charge in [-0.1, -0.05) is 25.5 Å². The van der Waals surface area contributed by atoms with Gasteiger partial charge in [0, 0.05) is 0 Å². The van der Waals surface area contributed by atoms with Gasteiger partial charge in [-0.3, -0.25) is 0 Å². The van der Waals surface area contributed by atoms with E-state index >= 15 is 0 Å². The summed E-state index contributed by atoms with van der Waals surface area (Å²) in [5.74, 6) is 0.256. The Kier molecular flexibility index (Phi) is 2.79. The lowest BCUT2D eigenvalue weighted by molar-refractivity contribution is -0.0181. The number of benzene rings is 1. The van der Waals surface area contributed by atoms with Gasteiger partial charge >= 0.3 is 0 Å². The Morgan fingerprint density at radius 1 is 1.47 bits per heavy atom. The van der Waals surface area contributed by atoms with Crippen LogP contribution in [0.25, 0.3) is 0 Å². The van der Waals surface area contributed by atoms with Crippen molar-refractivity contribution in [1.82, 2.24) is 0 Å². The lowest BCUT2D eigenvalue weighted by atomic mass is 9.75. The molecule has 1 saturated carbocycles. The fraction of sp³-hybridized carbons (Fsp3) is 0.538. The SMILES string of the molecule is CC1CCCC(O)(c2cccc(F)c2)C1. The third kappa shape index (κ3) is 2.20. The molecule has 0 radical (unpaired) electrons. The molecule has 0 bridgehead atoms. The highest BCUT2D eigenvalue weighted by Gasteiger charge is 2.34. The molecule has 15 heavy (non-hydrogen) atoms. The summed E-state index contributed by atoms with van der Waals surface area (Å²) >= 11 is 0. The highest BCUT2D eigenvalue weighted by atomic mass is 19.1. The smallest absolute Gasteiger partial charge is 0.123 e. The summed E-state index contributed by atoms with van der Waals surface area (Å²) in [5.41, 5.74) is -0.0752. The highest BCUT2D eigenvalue weighted by molar-refractivity contribution is 5.23. The molecule has 2 atom stereocenters. The van der Waals surface area contributed by atoms with Crippen LogP contribution in [-0.2, 0) is 5.60 Å². The number of rotatable bonds is 1. The van der Waals surface area contributed by atoms with Crippen molar-refractivity contribution in [3.63, 3.8) is 0 Å². The van der Waals surface area contributed by atoms with Crippen molar-refractivity contribution < 1.29 is 9.50 Å².